The van der Waals surface area contributed by atoms with Crippen LogP contribution in [0.4, 0.5) is 13.2 Å². The number of aliphatic hydroxyl groups is 1. The van der Waals surface area contributed by atoms with E-state index in [1.165, 1.54) is 0 Å². The summed E-state index contributed by atoms with van der Waals surface area (Å²) in [6, 6.07) is 21.8. The fraction of sp³-hybridized carbons (Fsp3) is 0.174. The minimum atomic E-state index is -4.78. The van der Waals surface area contributed by atoms with Crippen molar-refractivity contribution in [3.05, 3.63) is 83.9 Å². The van der Waals surface area contributed by atoms with Gasteiger partial charge >= 0.3 is 6.18 Å². The fourth-order valence-corrected chi connectivity index (χ4v) is 4.52. The molecule has 1 aliphatic rings. The number of fused-ring (bicyclic) bond motifs is 1. The highest BCUT2D eigenvalue weighted by Gasteiger charge is 2.55. The van der Waals surface area contributed by atoms with E-state index in [1.807, 2.05) is 60.7 Å². The van der Waals surface area contributed by atoms with E-state index in [0.717, 1.165) is 39.7 Å². The summed E-state index contributed by atoms with van der Waals surface area (Å²) >= 11 is 1.13. The Labute approximate surface area is 185 Å². The van der Waals surface area contributed by atoms with Crippen LogP contribution in [-0.4, -0.2) is 23.2 Å². The van der Waals surface area contributed by atoms with Gasteiger partial charge in [0.2, 0.25) is 0 Å². The first-order valence-corrected chi connectivity index (χ1v) is 10.1. The van der Waals surface area contributed by atoms with Gasteiger partial charge in [0.05, 0.1) is 12.0 Å². The minimum absolute atomic E-state index is 0.0914. The Balaban J connectivity index is 1.91. The number of ketones is 1. The second kappa shape index (κ2) is 8.13. The lowest BCUT2D eigenvalue weighted by Gasteiger charge is -2.24. The van der Waals surface area contributed by atoms with Crippen LogP contribution in [0, 0.1) is 5.92 Å². The van der Waals surface area contributed by atoms with E-state index in [-0.39, 0.29) is 11.1 Å². The molecule has 3 aromatic carbocycles. The highest BCUT2D eigenvalue weighted by Crippen LogP contribution is 2.47. The average Bonchev–Trinajstić information content (AvgIpc) is 2.98. The van der Waals surface area contributed by atoms with Gasteiger partial charge in [-0.25, -0.2) is 0 Å². The molecule has 0 radical (unpaired) electrons. The van der Waals surface area contributed by atoms with Crippen LogP contribution in [0.5, 0.6) is 0 Å². The number of carbonyl (C=O) groups excluding carboxylic acids is 1. The molecule has 3 unspecified atom stereocenters. The maximum absolute atomic E-state index is 13.4. The minimum Gasteiger partial charge on any atom is -0.388 e. The molecule has 0 heterocycles. The topological polar surface area (TPSA) is 46.5 Å². The van der Waals surface area contributed by atoms with E-state index in [4.69, 9.17) is 0 Å². The molecule has 1 N–H and O–H groups in total. The van der Waals surface area contributed by atoms with Crippen LogP contribution in [0.3, 0.4) is 0 Å². The van der Waals surface area contributed by atoms with Crippen molar-refractivity contribution in [2.75, 3.05) is 0 Å². The Bertz CT molecular complexity index is 1070. The maximum Gasteiger partial charge on any atom is 0.416 e. The molecule has 0 saturated carbocycles. The van der Waals surface area contributed by atoms with Crippen molar-refractivity contribution in [3.63, 3.8) is 0 Å². The lowest BCUT2D eigenvalue weighted by Crippen LogP contribution is -2.40. The van der Waals surface area contributed by atoms with Gasteiger partial charge in [0.15, 0.2) is 11.9 Å². The zero-order valence-electron chi connectivity index (χ0n) is 15.4. The van der Waals surface area contributed by atoms with Crippen LogP contribution >= 0.6 is 23.0 Å². The average molecular weight is 524 g/mol. The van der Waals surface area contributed by atoms with Crippen molar-refractivity contribution in [1.82, 2.24) is 0 Å². The number of benzene rings is 3. The number of hydrogen-bond donors (Lipinski definition) is 1. The zero-order valence-corrected chi connectivity index (χ0v) is 17.6. The summed E-state index contributed by atoms with van der Waals surface area (Å²) in [5.74, 6) is -2.51. The number of alkyl halides is 3. The van der Waals surface area contributed by atoms with E-state index in [1.54, 1.807) is 12.1 Å². The third kappa shape index (κ3) is 3.66. The molecule has 0 aliphatic heterocycles. The van der Waals surface area contributed by atoms with Crippen LogP contribution in [-0.2, 0) is 3.07 Å². The summed E-state index contributed by atoms with van der Waals surface area (Å²) in [7, 11) is 0. The second-order valence-corrected chi connectivity index (χ2v) is 7.61. The third-order valence-corrected chi connectivity index (χ3v) is 5.88. The quantitative estimate of drug-likeness (QED) is 0.416. The molecule has 7 heteroatoms. The number of Topliss-reactive ketones (excluding diaryl/α,β-unsaturated/α-hetero) is 1. The van der Waals surface area contributed by atoms with Crippen molar-refractivity contribution >= 4 is 28.8 Å². The van der Waals surface area contributed by atoms with Gasteiger partial charge in [0.25, 0.3) is 0 Å². The molecule has 0 amide bonds. The number of hydrogen-bond acceptors (Lipinski definition) is 3. The maximum atomic E-state index is 13.4. The van der Waals surface area contributed by atoms with Crippen LogP contribution in [0.15, 0.2) is 72.8 Å². The second-order valence-electron chi connectivity index (χ2n) is 7.10. The van der Waals surface area contributed by atoms with Crippen LogP contribution in [0.2, 0.25) is 0 Å². The first-order valence-electron chi connectivity index (χ1n) is 9.18. The van der Waals surface area contributed by atoms with Crippen LogP contribution < -0.4 is 0 Å². The molecule has 30 heavy (non-hydrogen) atoms. The van der Waals surface area contributed by atoms with Gasteiger partial charge in [-0.05, 0) is 39.9 Å². The highest BCUT2D eigenvalue weighted by atomic mass is 127. The summed E-state index contributed by atoms with van der Waals surface area (Å²) in [6.45, 7) is 0. The van der Waals surface area contributed by atoms with E-state index in [9.17, 15) is 23.1 Å². The number of aliphatic hydroxyl groups excluding tert-OH is 1. The smallest absolute Gasteiger partial charge is 0.388 e. The predicted octanol–water partition coefficient (Wildman–Crippen LogP) is 6.16. The van der Waals surface area contributed by atoms with Gasteiger partial charge in [0.1, 0.15) is 23.0 Å². The van der Waals surface area contributed by atoms with Gasteiger partial charge in [-0.15, -0.1) is 0 Å². The van der Waals surface area contributed by atoms with Gasteiger partial charge in [0, 0.05) is 5.56 Å². The standard InChI is InChI=1S/C23H16F3IO3/c24-23(25,26)22(30-27)19-20(28)17-11-15(13-7-3-1-4-8-13)16(12-18(17)21(19)29)14-9-5-2-6-10-14/h1-12,19-20,22,28H. The molecular formula is C23H16F3IO3. The Hall–Kier alpha value is -2.23. The number of rotatable bonds is 4. The molecule has 3 atom stereocenters. The SMILES string of the molecule is O=C1c2cc(-c3ccccc3)c(-c3ccccc3)cc2C(O)C1C(OI)C(F)(F)F. The molecule has 1 aliphatic carbocycles. The lowest BCUT2D eigenvalue weighted by atomic mass is 9.90. The molecule has 154 valence electrons. The molecule has 3 nitrogen and oxygen atoms in total. The Morgan fingerprint density at radius 2 is 1.37 bits per heavy atom. The lowest BCUT2D eigenvalue weighted by molar-refractivity contribution is -0.203. The first kappa shape index (κ1) is 21.0. The summed E-state index contributed by atoms with van der Waals surface area (Å²) in [5, 5.41) is 10.7. The summed E-state index contributed by atoms with van der Waals surface area (Å²) in [5.41, 5.74) is 3.37. The normalized spacial score (nSPS) is 19.6. The monoisotopic (exact) mass is 524 g/mol. The zero-order chi connectivity index (χ0) is 21.5. The van der Waals surface area contributed by atoms with Gasteiger partial charge in [-0.2, -0.15) is 13.2 Å². The molecular weight excluding hydrogens is 508 g/mol. The van der Waals surface area contributed by atoms with Gasteiger partial charge in [-0.1, -0.05) is 60.7 Å². The number of halogens is 4. The van der Waals surface area contributed by atoms with Crippen LogP contribution in [0.25, 0.3) is 22.3 Å². The van der Waals surface area contributed by atoms with E-state index < -0.39 is 30.1 Å². The van der Waals surface area contributed by atoms with E-state index >= 15 is 0 Å². The van der Waals surface area contributed by atoms with Crippen molar-refractivity contribution in [2.24, 2.45) is 5.92 Å². The summed E-state index contributed by atoms with van der Waals surface area (Å²) in [6.07, 6.45) is -8.79. The highest BCUT2D eigenvalue weighted by molar-refractivity contribution is 14.1. The first-order chi connectivity index (χ1) is 14.3. The fourth-order valence-electron chi connectivity index (χ4n) is 3.92. The van der Waals surface area contributed by atoms with E-state index in [2.05, 4.69) is 3.07 Å². The van der Waals surface area contributed by atoms with Crippen molar-refractivity contribution in [3.8, 4) is 22.3 Å². The summed E-state index contributed by atoms with van der Waals surface area (Å²) in [4.78, 5) is 12.9. The van der Waals surface area contributed by atoms with Crippen LogP contribution in [0.1, 0.15) is 22.0 Å². The Morgan fingerprint density at radius 1 is 0.867 bits per heavy atom. The molecule has 4 rings (SSSR count). The Morgan fingerprint density at radius 3 is 1.83 bits per heavy atom. The molecule has 0 bridgehead atoms. The van der Waals surface area contributed by atoms with E-state index in [0.29, 0.717) is 5.56 Å². The molecule has 0 fully saturated rings. The third-order valence-electron chi connectivity index (χ3n) is 5.33. The number of carbonyl (C=O) groups is 1. The molecule has 0 aromatic heterocycles. The largest absolute Gasteiger partial charge is 0.416 e. The van der Waals surface area contributed by atoms with Crippen molar-refractivity contribution in [1.29, 1.82) is 0 Å². The van der Waals surface area contributed by atoms with Crippen molar-refractivity contribution < 1.29 is 26.1 Å². The van der Waals surface area contributed by atoms with Crippen molar-refractivity contribution in [2.45, 2.75) is 18.4 Å². The molecule has 3 aromatic rings. The van der Waals surface area contributed by atoms with Gasteiger partial charge in [-0.3, -0.25) is 4.79 Å². The predicted molar refractivity (Wildman–Crippen MR) is 115 cm³/mol. The summed E-state index contributed by atoms with van der Waals surface area (Å²) < 4.78 is 44.9. The van der Waals surface area contributed by atoms with Gasteiger partial charge < -0.3 is 8.17 Å². The molecule has 0 spiro atoms. The molecule has 0 saturated heterocycles. The Kier molecular flexibility index (Phi) is 5.69.